The van der Waals surface area contributed by atoms with Crippen LogP contribution in [-0.2, 0) is 12.1 Å². The van der Waals surface area contributed by atoms with Gasteiger partial charge in [0.25, 0.3) is 5.91 Å². The molecule has 0 aromatic carbocycles. The molecule has 0 radical (unpaired) electrons. The van der Waals surface area contributed by atoms with Gasteiger partial charge in [-0.3, -0.25) is 24.3 Å². The molecule has 4 saturated carbocycles. The summed E-state index contributed by atoms with van der Waals surface area (Å²) in [6.45, 7) is 4.98. The Hall–Kier alpha value is -2.23. The maximum Gasteiger partial charge on any atom is 0.320 e. The Kier molecular flexibility index (Phi) is 5.38. The molecule has 0 spiro atoms. The van der Waals surface area contributed by atoms with Crippen molar-refractivity contribution in [2.24, 2.45) is 17.8 Å². The highest BCUT2D eigenvalue weighted by molar-refractivity contribution is 9.10. The first-order chi connectivity index (χ1) is 15.3. The third-order valence-electron chi connectivity index (χ3n) is 7.72. The lowest BCUT2D eigenvalue weighted by molar-refractivity contribution is -0.385. The van der Waals surface area contributed by atoms with Crippen molar-refractivity contribution < 1.29 is 9.72 Å². The lowest BCUT2D eigenvalue weighted by atomic mass is 9.53. The van der Waals surface area contributed by atoms with E-state index in [0.717, 1.165) is 35.1 Å². The van der Waals surface area contributed by atoms with Crippen LogP contribution in [0, 0.1) is 41.7 Å². The van der Waals surface area contributed by atoms with Crippen LogP contribution < -0.4 is 5.32 Å². The van der Waals surface area contributed by atoms with Gasteiger partial charge in [-0.1, -0.05) is 0 Å². The lowest BCUT2D eigenvalue weighted by Gasteiger charge is -2.56. The third kappa shape index (κ3) is 3.66. The summed E-state index contributed by atoms with van der Waals surface area (Å²) in [6, 6.07) is 0. The first-order valence-electron chi connectivity index (χ1n) is 11.5. The van der Waals surface area contributed by atoms with Crippen LogP contribution >= 0.6 is 15.9 Å². The van der Waals surface area contributed by atoms with E-state index in [1.54, 1.807) is 4.68 Å². The van der Waals surface area contributed by atoms with Gasteiger partial charge in [-0.15, -0.1) is 0 Å². The number of nitrogens with zero attached hydrogens (tertiary/aromatic N) is 5. The fourth-order valence-electron chi connectivity index (χ4n) is 6.66. The van der Waals surface area contributed by atoms with Gasteiger partial charge in [-0.25, -0.2) is 0 Å². The molecule has 172 valence electrons. The molecule has 6 rings (SSSR count). The molecule has 2 aromatic heterocycles. The van der Waals surface area contributed by atoms with Crippen LogP contribution in [0.4, 0.5) is 5.69 Å². The van der Waals surface area contributed by atoms with Crippen LogP contribution in [-0.4, -0.2) is 36.9 Å². The van der Waals surface area contributed by atoms with Crippen LogP contribution in [0.2, 0.25) is 0 Å². The lowest BCUT2D eigenvalue weighted by Crippen LogP contribution is -2.52. The second kappa shape index (κ2) is 7.97. The molecule has 0 unspecified atom stereocenters. The van der Waals surface area contributed by atoms with Crippen LogP contribution in [0.25, 0.3) is 0 Å². The van der Waals surface area contributed by atoms with Crippen LogP contribution in [0.3, 0.4) is 0 Å². The van der Waals surface area contributed by atoms with Gasteiger partial charge in [-0.05, 0) is 92.5 Å². The Morgan fingerprint density at radius 1 is 1.22 bits per heavy atom. The quantitative estimate of drug-likeness (QED) is 0.346. The molecular weight excluding hydrogens is 476 g/mol. The van der Waals surface area contributed by atoms with E-state index in [0.29, 0.717) is 37.3 Å². The van der Waals surface area contributed by atoms with Gasteiger partial charge in [0.1, 0.15) is 6.20 Å². The highest BCUT2D eigenvalue weighted by Crippen LogP contribution is 2.58. The van der Waals surface area contributed by atoms with Crippen molar-refractivity contribution in [3.63, 3.8) is 0 Å². The van der Waals surface area contributed by atoms with E-state index in [9.17, 15) is 14.9 Å². The number of amides is 1. The van der Waals surface area contributed by atoms with Crippen LogP contribution in [0.1, 0.15) is 66.8 Å². The molecule has 10 heteroatoms. The normalized spacial score (nSPS) is 28.3. The molecule has 4 aliphatic carbocycles. The second-order valence-electron chi connectivity index (χ2n) is 10.0. The van der Waals surface area contributed by atoms with Crippen molar-refractivity contribution in [1.82, 2.24) is 24.9 Å². The number of hydrogen-bond acceptors (Lipinski definition) is 5. The van der Waals surface area contributed by atoms with E-state index >= 15 is 0 Å². The van der Waals surface area contributed by atoms with E-state index in [2.05, 4.69) is 31.4 Å². The average Bonchev–Trinajstić information content (AvgIpc) is 3.29. The Balaban J connectivity index is 1.28. The molecule has 1 N–H and O–H groups in total. The largest absolute Gasteiger partial charge is 0.350 e. The first-order valence-corrected chi connectivity index (χ1v) is 12.3. The minimum Gasteiger partial charge on any atom is -0.350 e. The van der Waals surface area contributed by atoms with Gasteiger partial charge in [0.2, 0.25) is 5.69 Å². The van der Waals surface area contributed by atoms with Crippen molar-refractivity contribution in [3.8, 4) is 0 Å². The predicted molar refractivity (Wildman–Crippen MR) is 121 cm³/mol. The Morgan fingerprint density at radius 2 is 1.84 bits per heavy atom. The molecule has 32 heavy (non-hydrogen) atoms. The molecule has 2 aromatic rings. The van der Waals surface area contributed by atoms with Gasteiger partial charge in [0.05, 0.1) is 20.6 Å². The number of nitrogens with one attached hydrogen (secondary N) is 1. The molecule has 9 nitrogen and oxygen atoms in total. The fraction of sp³-hybridized carbons (Fsp3) is 0.682. The summed E-state index contributed by atoms with van der Waals surface area (Å²) in [6.07, 6.45) is 9.09. The maximum atomic E-state index is 12.8. The van der Waals surface area contributed by atoms with Crippen molar-refractivity contribution in [1.29, 1.82) is 0 Å². The molecule has 0 atom stereocenters. The Bertz CT molecular complexity index is 1040. The van der Waals surface area contributed by atoms with Gasteiger partial charge in [-0.2, -0.15) is 10.2 Å². The standard InChI is InChI=1S/C22H29BrN6O3/c1-13-19(23)14(2)27(25-13)5-3-4-24-21(30)20-18(29(31)32)12-28(26-20)22-9-15-6-16(10-22)8-17(7-15)11-22/h12,15-17H,3-11H2,1-2H3,(H,24,30). The number of nitro groups is 1. The smallest absolute Gasteiger partial charge is 0.320 e. The number of rotatable bonds is 7. The SMILES string of the molecule is Cc1nn(CCCNC(=O)c2nn(C34CC5CC(CC(C5)C3)C4)cc2[N+](=O)[O-])c(C)c1Br. The van der Waals surface area contributed by atoms with Gasteiger partial charge >= 0.3 is 5.69 Å². The molecule has 0 saturated heterocycles. The van der Waals surface area contributed by atoms with Crippen LogP contribution in [0.15, 0.2) is 10.7 Å². The topological polar surface area (TPSA) is 108 Å². The fourth-order valence-corrected chi connectivity index (χ4v) is 6.94. The predicted octanol–water partition coefficient (Wildman–Crippen LogP) is 4.11. The molecule has 1 amide bonds. The van der Waals surface area contributed by atoms with E-state index in [4.69, 9.17) is 0 Å². The maximum absolute atomic E-state index is 12.8. The average molecular weight is 505 g/mol. The van der Waals surface area contributed by atoms with E-state index in [-0.39, 0.29) is 16.9 Å². The van der Waals surface area contributed by atoms with Gasteiger partial charge < -0.3 is 5.32 Å². The minimum atomic E-state index is -0.480. The minimum absolute atomic E-state index is 0.0698. The molecule has 4 fully saturated rings. The number of hydrogen-bond donors (Lipinski definition) is 1. The number of halogens is 1. The first kappa shape index (κ1) is 21.6. The van der Waals surface area contributed by atoms with E-state index in [1.807, 2.05) is 18.5 Å². The summed E-state index contributed by atoms with van der Waals surface area (Å²) in [5.74, 6) is 1.60. The molecule has 2 heterocycles. The molecule has 4 aliphatic rings. The summed E-state index contributed by atoms with van der Waals surface area (Å²) >= 11 is 3.52. The van der Waals surface area contributed by atoms with Crippen LogP contribution in [0.5, 0.6) is 0 Å². The molecule has 0 aliphatic heterocycles. The number of aryl methyl sites for hydroxylation is 2. The van der Waals surface area contributed by atoms with Crippen molar-refractivity contribution in [2.75, 3.05) is 6.54 Å². The summed E-state index contributed by atoms with van der Waals surface area (Å²) in [5, 5.41) is 23.5. The number of aromatic nitrogens is 4. The third-order valence-corrected chi connectivity index (χ3v) is 8.87. The van der Waals surface area contributed by atoms with Gasteiger partial charge in [0, 0.05) is 18.8 Å². The zero-order chi connectivity index (χ0) is 22.6. The van der Waals surface area contributed by atoms with Crippen molar-refractivity contribution in [2.45, 2.75) is 70.9 Å². The Labute approximate surface area is 195 Å². The highest BCUT2D eigenvalue weighted by atomic mass is 79.9. The number of carbonyl (C=O) groups excluding carboxylic acids is 1. The van der Waals surface area contributed by atoms with E-state index < -0.39 is 10.8 Å². The Morgan fingerprint density at radius 3 is 2.38 bits per heavy atom. The molecule has 4 bridgehead atoms. The summed E-state index contributed by atoms with van der Waals surface area (Å²) in [7, 11) is 0. The second-order valence-corrected chi connectivity index (χ2v) is 10.8. The highest BCUT2D eigenvalue weighted by Gasteiger charge is 2.53. The van der Waals surface area contributed by atoms with Crippen molar-refractivity contribution in [3.05, 3.63) is 37.9 Å². The molecular formula is C22H29BrN6O3. The van der Waals surface area contributed by atoms with Crippen molar-refractivity contribution >= 4 is 27.5 Å². The van der Waals surface area contributed by atoms with Gasteiger partial charge in [0.15, 0.2) is 0 Å². The summed E-state index contributed by atoms with van der Waals surface area (Å²) < 4.78 is 4.68. The number of carbonyl (C=O) groups is 1. The van der Waals surface area contributed by atoms with E-state index in [1.165, 1.54) is 25.5 Å². The monoisotopic (exact) mass is 504 g/mol. The summed E-state index contributed by atoms with van der Waals surface area (Å²) in [5.41, 5.74) is 1.55. The summed E-state index contributed by atoms with van der Waals surface area (Å²) in [4.78, 5) is 24.1. The zero-order valence-corrected chi connectivity index (χ0v) is 20.1. The zero-order valence-electron chi connectivity index (χ0n) is 18.5.